The van der Waals surface area contributed by atoms with E-state index in [1.807, 2.05) is 24.3 Å². The van der Waals surface area contributed by atoms with Gasteiger partial charge in [0.15, 0.2) is 5.78 Å². The van der Waals surface area contributed by atoms with E-state index in [0.717, 1.165) is 30.5 Å². The standard InChI is InChI=1S/C22H21NO2/c24-19-13-16-9-6-12-22(19)20(17-10-4-5-11-18(17)21(22)25)23(16)14-15-7-2-1-3-8-15/h1-5,7-8,10-11,16,20H,6,9,12-14H2. The van der Waals surface area contributed by atoms with Crippen LogP contribution in [0.25, 0.3) is 0 Å². The zero-order valence-electron chi connectivity index (χ0n) is 14.2. The highest BCUT2D eigenvalue weighted by Gasteiger charge is 2.63. The number of benzene rings is 2. The maximum Gasteiger partial charge on any atom is 0.178 e. The van der Waals surface area contributed by atoms with Gasteiger partial charge in [0.2, 0.25) is 0 Å². The molecule has 2 aromatic rings. The van der Waals surface area contributed by atoms with Gasteiger partial charge in [0.25, 0.3) is 0 Å². The van der Waals surface area contributed by atoms with E-state index in [1.165, 1.54) is 5.56 Å². The first-order valence-electron chi connectivity index (χ1n) is 9.18. The van der Waals surface area contributed by atoms with Crippen LogP contribution in [0.3, 0.4) is 0 Å². The lowest BCUT2D eigenvalue weighted by Gasteiger charge is -2.46. The first-order chi connectivity index (χ1) is 12.2. The molecule has 3 nitrogen and oxygen atoms in total. The lowest BCUT2D eigenvalue weighted by atomic mass is 9.69. The fraction of sp³-hybridized carbons (Fsp3) is 0.364. The Bertz CT molecular complexity index is 859. The normalized spacial score (nSPS) is 30.9. The van der Waals surface area contributed by atoms with E-state index in [-0.39, 0.29) is 23.7 Å². The Morgan fingerprint density at radius 3 is 2.60 bits per heavy atom. The highest BCUT2D eigenvalue weighted by molar-refractivity contribution is 6.19. The molecular formula is C22H21NO2. The Morgan fingerprint density at radius 2 is 1.76 bits per heavy atom. The van der Waals surface area contributed by atoms with Crippen molar-refractivity contribution >= 4 is 11.6 Å². The molecule has 25 heavy (non-hydrogen) atoms. The maximum atomic E-state index is 13.3. The first-order valence-corrected chi connectivity index (χ1v) is 9.18. The molecule has 2 saturated heterocycles. The van der Waals surface area contributed by atoms with Gasteiger partial charge in [-0.1, -0.05) is 61.0 Å². The summed E-state index contributed by atoms with van der Waals surface area (Å²) in [6.07, 6.45) is 3.18. The van der Waals surface area contributed by atoms with Crippen LogP contribution in [0.5, 0.6) is 0 Å². The van der Waals surface area contributed by atoms with Crippen LogP contribution in [0.4, 0.5) is 0 Å². The number of piperidine rings is 1. The Balaban J connectivity index is 1.67. The highest BCUT2D eigenvalue weighted by atomic mass is 16.2. The van der Waals surface area contributed by atoms with Gasteiger partial charge >= 0.3 is 0 Å². The van der Waals surface area contributed by atoms with Gasteiger partial charge in [0.05, 0.1) is 6.04 Å². The van der Waals surface area contributed by atoms with Crippen molar-refractivity contribution in [1.29, 1.82) is 0 Å². The van der Waals surface area contributed by atoms with Crippen LogP contribution in [-0.2, 0) is 11.3 Å². The molecule has 0 aromatic heterocycles. The van der Waals surface area contributed by atoms with E-state index in [2.05, 4.69) is 35.2 Å². The molecule has 2 aliphatic carbocycles. The summed E-state index contributed by atoms with van der Waals surface area (Å²) in [6.45, 7) is 0.798. The molecule has 0 amide bonds. The molecule has 3 heteroatoms. The second kappa shape index (κ2) is 5.37. The van der Waals surface area contributed by atoms with Crippen LogP contribution in [0.15, 0.2) is 54.6 Å². The van der Waals surface area contributed by atoms with Crippen LogP contribution < -0.4 is 0 Å². The van der Waals surface area contributed by atoms with Gasteiger partial charge in [-0.3, -0.25) is 14.5 Å². The number of Topliss-reactive ketones (excluding diaryl/α,β-unsaturated/α-hetero) is 2. The minimum atomic E-state index is -0.842. The summed E-state index contributed by atoms with van der Waals surface area (Å²) < 4.78 is 0. The van der Waals surface area contributed by atoms with Gasteiger partial charge < -0.3 is 0 Å². The predicted octanol–water partition coefficient (Wildman–Crippen LogP) is 3.94. The molecule has 126 valence electrons. The van der Waals surface area contributed by atoms with Gasteiger partial charge in [-0.25, -0.2) is 0 Å². The van der Waals surface area contributed by atoms with Crippen molar-refractivity contribution in [2.75, 3.05) is 0 Å². The molecule has 3 fully saturated rings. The lowest BCUT2D eigenvalue weighted by molar-refractivity contribution is -0.136. The van der Waals surface area contributed by atoms with Gasteiger partial charge in [-0.05, 0) is 24.0 Å². The number of carbonyl (C=O) groups excluding carboxylic acids is 2. The zero-order valence-corrected chi connectivity index (χ0v) is 14.2. The van der Waals surface area contributed by atoms with Gasteiger partial charge in [0, 0.05) is 24.6 Å². The molecular weight excluding hydrogens is 310 g/mol. The number of hydrogen-bond acceptors (Lipinski definition) is 3. The summed E-state index contributed by atoms with van der Waals surface area (Å²) in [5, 5.41) is 0. The summed E-state index contributed by atoms with van der Waals surface area (Å²) in [7, 11) is 0. The number of rotatable bonds is 2. The third-order valence-electron chi connectivity index (χ3n) is 6.41. The van der Waals surface area contributed by atoms with Crippen molar-refractivity contribution in [1.82, 2.24) is 4.90 Å². The van der Waals surface area contributed by atoms with Gasteiger partial charge in [-0.2, -0.15) is 0 Å². The summed E-state index contributed by atoms with van der Waals surface area (Å²) in [4.78, 5) is 28.9. The van der Waals surface area contributed by atoms with E-state index in [4.69, 9.17) is 0 Å². The Kier molecular flexibility index (Phi) is 3.23. The third kappa shape index (κ3) is 1.96. The fourth-order valence-corrected chi connectivity index (χ4v) is 5.33. The number of hydrogen-bond donors (Lipinski definition) is 0. The molecule has 6 rings (SSSR count). The van der Waals surface area contributed by atoms with Crippen LogP contribution in [0.1, 0.15) is 53.2 Å². The molecule has 2 aliphatic heterocycles. The van der Waals surface area contributed by atoms with Crippen molar-refractivity contribution in [2.45, 2.75) is 44.3 Å². The Morgan fingerprint density at radius 1 is 1.00 bits per heavy atom. The van der Waals surface area contributed by atoms with Crippen LogP contribution in [0.2, 0.25) is 0 Å². The van der Waals surface area contributed by atoms with Gasteiger partial charge in [-0.15, -0.1) is 0 Å². The summed E-state index contributed by atoms with van der Waals surface area (Å²) in [5.41, 5.74) is 2.23. The predicted molar refractivity (Wildman–Crippen MR) is 95.2 cm³/mol. The van der Waals surface area contributed by atoms with E-state index in [0.29, 0.717) is 12.8 Å². The molecule has 4 aliphatic rings. The molecule has 0 radical (unpaired) electrons. The molecule has 3 atom stereocenters. The van der Waals surface area contributed by atoms with Crippen molar-refractivity contribution in [2.24, 2.45) is 5.41 Å². The molecule has 2 heterocycles. The summed E-state index contributed by atoms with van der Waals surface area (Å²) >= 11 is 0. The van der Waals surface area contributed by atoms with Crippen molar-refractivity contribution in [3.8, 4) is 0 Å². The topological polar surface area (TPSA) is 37.4 Å². The van der Waals surface area contributed by atoms with Crippen LogP contribution >= 0.6 is 0 Å². The third-order valence-corrected chi connectivity index (χ3v) is 6.41. The van der Waals surface area contributed by atoms with Crippen molar-refractivity contribution in [3.63, 3.8) is 0 Å². The minimum absolute atomic E-state index is 0.0662. The van der Waals surface area contributed by atoms with Crippen molar-refractivity contribution < 1.29 is 9.59 Å². The SMILES string of the molecule is O=C1CC2CCCC13C(=O)c1ccccc1C3N2Cc1ccccc1. The number of carbonyl (C=O) groups is 2. The molecule has 1 spiro atoms. The quantitative estimate of drug-likeness (QED) is 0.782. The van der Waals surface area contributed by atoms with Crippen LogP contribution in [0, 0.1) is 5.41 Å². The fourth-order valence-electron chi connectivity index (χ4n) is 5.33. The summed E-state index contributed by atoms with van der Waals surface area (Å²) in [6, 6.07) is 18.4. The van der Waals surface area contributed by atoms with E-state index >= 15 is 0 Å². The molecule has 2 bridgehead atoms. The summed E-state index contributed by atoms with van der Waals surface area (Å²) in [5.74, 6) is 0.238. The number of nitrogens with zero attached hydrogens (tertiary/aromatic N) is 1. The lowest BCUT2D eigenvalue weighted by Crippen LogP contribution is -2.54. The second-order valence-electron chi connectivity index (χ2n) is 7.62. The van der Waals surface area contributed by atoms with Crippen LogP contribution in [-0.4, -0.2) is 22.5 Å². The smallest absolute Gasteiger partial charge is 0.178 e. The number of fused-ring (bicyclic) bond motifs is 4. The molecule has 0 N–H and O–H groups in total. The zero-order chi connectivity index (χ0) is 17.0. The minimum Gasteiger partial charge on any atom is -0.298 e. The molecule has 3 unspecified atom stereocenters. The Hall–Kier alpha value is -2.26. The maximum absolute atomic E-state index is 13.3. The molecule has 2 aromatic carbocycles. The number of ketones is 2. The second-order valence-corrected chi connectivity index (χ2v) is 7.62. The average Bonchev–Trinajstić information content (AvgIpc) is 2.76. The van der Waals surface area contributed by atoms with Crippen molar-refractivity contribution in [3.05, 3.63) is 71.3 Å². The van der Waals surface area contributed by atoms with Gasteiger partial charge in [0.1, 0.15) is 11.2 Å². The van der Waals surface area contributed by atoms with E-state index in [1.54, 1.807) is 0 Å². The largest absolute Gasteiger partial charge is 0.298 e. The molecule has 1 saturated carbocycles. The highest BCUT2D eigenvalue weighted by Crippen LogP contribution is 2.58. The monoisotopic (exact) mass is 331 g/mol. The average molecular weight is 331 g/mol. The first kappa shape index (κ1) is 15.0. The van der Waals surface area contributed by atoms with E-state index in [9.17, 15) is 9.59 Å². The van der Waals surface area contributed by atoms with E-state index < -0.39 is 5.41 Å². The Labute approximate surface area is 147 Å².